The van der Waals surface area contributed by atoms with Gasteiger partial charge in [0.15, 0.2) is 6.10 Å². The number of aromatic nitrogens is 4. The quantitative estimate of drug-likeness (QED) is 0.697. The fraction of sp³-hybridized carbons (Fsp3) is 0.350. The molecule has 0 aliphatic carbocycles. The highest BCUT2D eigenvalue weighted by atomic mass is 16.5. The van der Waals surface area contributed by atoms with Crippen molar-refractivity contribution in [1.82, 2.24) is 24.9 Å². The Kier molecular flexibility index (Phi) is 5.59. The summed E-state index contributed by atoms with van der Waals surface area (Å²) >= 11 is 0. The third kappa shape index (κ3) is 4.36. The van der Waals surface area contributed by atoms with Gasteiger partial charge >= 0.3 is 0 Å². The molecule has 7 nitrogen and oxygen atoms in total. The van der Waals surface area contributed by atoms with Crippen LogP contribution in [0, 0.1) is 13.8 Å². The maximum absolute atomic E-state index is 12.4. The third-order valence-electron chi connectivity index (χ3n) is 4.26. The predicted molar refractivity (Wildman–Crippen MR) is 103 cm³/mol. The number of nitrogens with zero attached hydrogens (tertiary/aromatic N) is 4. The van der Waals surface area contributed by atoms with E-state index in [9.17, 15) is 4.79 Å². The van der Waals surface area contributed by atoms with Crippen LogP contribution in [-0.2, 0) is 17.9 Å². The van der Waals surface area contributed by atoms with Gasteiger partial charge in [-0.2, -0.15) is 5.10 Å². The highest BCUT2D eigenvalue weighted by Gasteiger charge is 2.18. The molecule has 0 spiro atoms. The van der Waals surface area contributed by atoms with Gasteiger partial charge in [-0.3, -0.25) is 9.48 Å². The lowest BCUT2D eigenvalue weighted by atomic mass is 10.3. The Morgan fingerprint density at radius 1 is 1.22 bits per heavy atom. The lowest BCUT2D eigenvalue weighted by Crippen LogP contribution is -2.36. The minimum Gasteiger partial charge on any atom is -0.463 e. The average Bonchev–Trinajstić information content (AvgIpc) is 3.22. The second-order valence-corrected chi connectivity index (χ2v) is 6.47. The first-order valence-electron chi connectivity index (χ1n) is 9.07. The zero-order valence-corrected chi connectivity index (χ0v) is 16.1. The van der Waals surface area contributed by atoms with Gasteiger partial charge in [-0.25, -0.2) is 4.68 Å². The van der Waals surface area contributed by atoms with E-state index in [-0.39, 0.29) is 5.91 Å². The summed E-state index contributed by atoms with van der Waals surface area (Å²) in [6.45, 7) is 8.78. The molecule has 7 heteroatoms. The predicted octanol–water partition coefficient (Wildman–Crippen LogP) is 2.79. The Morgan fingerprint density at radius 3 is 2.67 bits per heavy atom. The van der Waals surface area contributed by atoms with Crippen LogP contribution in [0.15, 0.2) is 42.6 Å². The van der Waals surface area contributed by atoms with Crippen molar-refractivity contribution in [3.8, 4) is 11.6 Å². The van der Waals surface area contributed by atoms with Gasteiger partial charge in [0, 0.05) is 18.3 Å². The van der Waals surface area contributed by atoms with E-state index in [1.165, 1.54) is 0 Å². The molecule has 0 fully saturated rings. The van der Waals surface area contributed by atoms with Crippen molar-refractivity contribution >= 4 is 5.91 Å². The first-order valence-corrected chi connectivity index (χ1v) is 9.07. The van der Waals surface area contributed by atoms with Crippen molar-refractivity contribution in [2.75, 3.05) is 0 Å². The zero-order valence-electron chi connectivity index (χ0n) is 16.1. The van der Waals surface area contributed by atoms with Crippen LogP contribution in [0.3, 0.4) is 0 Å². The number of para-hydroxylation sites is 1. The second kappa shape index (κ2) is 8.07. The van der Waals surface area contributed by atoms with Crippen LogP contribution in [-0.4, -0.2) is 31.6 Å². The van der Waals surface area contributed by atoms with E-state index in [0.717, 1.165) is 29.2 Å². The van der Waals surface area contributed by atoms with Gasteiger partial charge in [-0.05, 0) is 45.9 Å². The van der Waals surface area contributed by atoms with Crippen LogP contribution in [0.2, 0.25) is 0 Å². The normalized spacial score (nSPS) is 12.0. The first kappa shape index (κ1) is 18.7. The number of carbonyl (C=O) groups is 1. The number of hydrogen-bond donors (Lipinski definition) is 1. The number of rotatable bonds is 7. The molecule has 0 saturated carbocycles. The number of hydrogen-bond acceptors (Lipinski definition) is 4. The molecule has 1 atom stereocenters. The van der Waals surface area contributed by atoms with Gasteiger partial charge in [0.2, 0.25) is 5.88 Å². The molecule has 1 N–H and O–H groups in total. The standard InChI is InChI=1S/C20H25N5O2/c1-5-24-18(11-15(3)22-24)12-21-19(26)16(4)27-20-14(2)13-25(23-20)17-9-7-6-8-10-17/h6-11,13,16H,5,12H2,1-4H3,(H,21,26)/t16-/m1/s1. The van der Waals surface area contributed by atoms with E-state index in [1.807, 2.05) is 68.0 Å². The molecule has 0 aliphatic heterocycles. The Hall–Kier alpha value is -3.09. The summed E-state index contributed by atoms with van der Waals surface area (Å²) in [4.78, 5) is 12.4. The summed E-state index contributed by atoms with van der Waals surface area (Å²) in [5.74, 6) is 0.265. The van der Waals surface area contributed by atoms with Crippen LogP contribution in [0.5, 0.6) is 5.88 Å². The van der Waals surface area contributed by atoms with Gasteiger partial charge < -0.3 is 10.1 Å². The molecule has 0 saturated heterocycles. The van der Waals surface area contributed by atoms with E-state index in [2.05, 4.69) is 15.5 Å². The van der Waals surface area contributed by atoms with Crippen LogP contribution < -0.4 is 10.1 Å². The highest BCUT2D eigenvalue weighted by molar-refractivity contribution is 5.80. The second-order valence-electron chi connectivity index (χ2n) is 6.47. The van der Waals surface area contributed by atoms with Crippen LogP contribution in [0.4, 0.5) is 0 Å². The molecule has 0 bridgehead atoms. The fourth-order valence-electron chi connectivity index (χ4n) is 2.83. The summed E-state index contributed by atoms with van der Waals surface area (Å²) in [6.07, 6.45) is 1.24. The molecule has 1 aromatic carbocycles. The molecular weight excluding hydrogens is 342 g/mol. The number of carbonyl (C=O) groups excluding carboxylic acids is 1. The van der Waals surface area contributed by atoms with Crippen molar-refractivity contribution in [3.63, 3.8) is 0 Å². The minimum absolute atomic E-state index is 0.190. The number of amides is 1. The van der Waals surface area contributed by atoms with E-state index in [1.54, 1.807) is 11.6 Å². The maximum atomic E-state index is 12.4. The Morgan fingerprint density at radius 2 is 1.96 bits per heavy atom. The molecule has 3 rings (SSSR count). The van der Waals surface area contributed by atoms with E-state index in [4.69, 9.17) is 4.74 Å². The monoisotopic (exact) mass is 367 g/mol. The van der Waals surface area contributed by atoms with Gasteiger partial charge in [0.05, 0.1) is 23.6 Å². The van der Waals surface area contributed by atoms with Gasteiger partial charge in [0.25, 0.3) is 5.91 Å². The number of aryl methyl sites for hydroxylation is 3. The highest BCUT2D eigenvalue weighted by Crippen LogP contribution is 2.19. The van der Waals surface area contributed by atoms with Crippen LogP contribution in [0.25, 0.3) is 5.69 Å². The average molecular weight is 367 g/mol. The van der Waals surface area contributed by atoms with Crippen LogP contribution in [0.1, 0.15) is 30.8 Å². The topological polar surface area (TPSA) is 74.0 Å². The molecule has 2 aromatic heterocycles. The lowest BCUT2D eigenvalue weighted by Gasteiger charge is -2.14. The summed E-state index contributed by atoms with van der Waals surface area (Å²) in [6, 6.07) is 11.8. The fourth-order valence-corrected chi connectivity index (χ4v) is 2.83. The lowest BCUT2D eigenvalue weighted by molar-refractivity contribution is -0.127. The SMILES string of the molecule is CCn1nc(C)cc1CNC(=O)[C@@H](C)Oc1nn(-c2ccccc2)cc1C. The minimum atomic E-state index is -0.651. The Bertz CT molecular complexity index is 914. The van der Waals surface area contributed by atoms with Crippen molar-refractivity contribution in [2.24, 2.45) is 0 Å². The molecule has 142 valence electrons. The molecule has 0 radical (unpaired) electrons. The third-order valence-corrected chi connectivity index (χ3v) is 4.26. The maximum Gasteiger partial charge on any atom is 0.261 e. The molecule has 3 aromatic rings. The summed E-state index contributed by atoms with van der Waals surface area (Å²) < 4.78 is 9.42. The molecule has 1 amide bonds. The Balaban J connectivity index is 1.62. The van der Waals surface area contributed by atoms with Crippen molar-refractivity contribution in [2.45, 2.75) is 46.9 Å². The molecule has 0 unspecified atom stereocenters. The van der Waals surface area contributed by atoms with E-state index >= 15 is 0 Å². The van der Waals surface area contributed by atoms with E-state index < -0.39 is 6.10 Å². The molecule has 27 heavy (non-hydrogen) atoms. The van der Waals surface area contributed by atoms with Gasteiger partial charge in [-0.15, -0.1) is 5.10 Å². The van der Waals surface area contributed by atoms with Gasteiger partial charge in [0.1, 0.15) is 0 Å². The van der Waals surface area contributed by atoms with Crippen molar-refractivity contribution in [1.29, 1.82) is 0 Å². The Labute approximate surface area is 159 Å². The van der Waals surface area contributed by atoms with Crippen molar-refractivity contribution in [3.05, 3.63) is 59.5 Å². The summed E-state index contributed by atoms with van der Waals surface area (Å²) in [5, 5.41) is 11.7. The van der Waals surface area contributed by atoms with Crippen molar-refractivity contribution < 1.29 is 9.53 Å². The number of ether oxygens (including phenoxy) is 1. The molecule has 2 heterocycles. The number of benzene rings is 1. The smallest absolute Gasteiger partial charge is 0.261 e. The molecule has 0 aliphatic rings. The first-order chi connectivity index (χ1) is 13.0. The summed E-state index contributed by atoms with van der Waals surface area (Å²) in [7, 11) is 0. The van der Waals surface area contributed by atoms with E-state index in [0.29, 0.717) is 12.4 Å². The van der Waals surface area contributed by atoms with Gasteiger partial charge in [-0.1, -0.05) is 18.2 Å². The zero-order chi connectivity index (χ0) is 19.4. The number of nitrogens with one attached hydrogen (secondary N) is 1. The molecular formula is C20H25N5O2. The summed E-state index contributed by atoms with van der Waals surface area (Å²) in [5.41, 5.74) is 3.72. The van der Waals surface area contributed by atoms with Crippen LogP contribution >= 0.6 is 0 Å². The largest absolute Gasteiger partial charge is 0.463 e.